The van der Waals surface area contributed by atoms with Crippen LogP contribution in [0.15, 0.2) is 0 Å². The molecule has 15 heavy (non-hydrogen) atoms. The second-order valence-corrected chi connectivity index (χ2v) is 4.91. The molecule has 0 rings (SSSR count). The maximum absolute atomic E-state index is 5.55. The van der Waals surface area contributed by atoms with Crippen molar-refractivity contribution in [1.29, 1.82) is 0 Å². The lowest BCUT2D eigenvalue weighted by molar-refractivity contribution is -0.0101. The van der Waals surface area contributed by atoms with Gasteiger partial charge in [-0.15, -0.1) is 0 Å². The predicted molar refractivity (Wildman–Crippen MR) is 68.8 cm³/mol. The van der Waals surface area contributed by atoms with Gasteiger partial charge in [0.2, 0.25) is 0 Å². The van der Waals surface area contributed by atoms with Gasteiger partial charge in [0.1, 0.15) is 0 Å². The summed E-state index contributed by atoms with van der Waals surface area (Å²) < 4.78 is 10.9. The summed E-state index contributed by atoms with van der Waals surface area (Å²) in [4.78, 5) is 0. The fourth-order valence-electron chi connectivity index (χ4n) is 1.19. The maximum atomic E-state index is 5.55. The Morgan fingerprint density at radius 2 is 1.67 bits per heavy atom. The minimum Gasteiger partial charge on any atom is -0.381 e. The number of unbranched alkanes of at least 4 members (excludes halogenated alkanes) is 3. The zero-order valence-corrected chi connectivity index (χ0v) is 11.3. The topological polar surface area (TPSA) is 18.5 Å². The Morgan fingerprint density at radius 3 is 2.27 bits per heavy atom. The van der Waals surface area contributed by atoms with E-state index in [-0.39, 0.29) is 5.60 Å². The van der Waals surface area contributed by atoms with Gasteiger partial charge in [0.15, 0.2) is 0 Å². The summed E-state index contributed by atoms with van der Waals surface area (Å²) in [5, 5.41) is 0. The molecule has 2 nitrogen and oxygen atoms in total. The van der Waals surface area contributed by atoms with Crippen molar-refractivity contribution in [2.45, 2.75) is 51.6 Å². The smallest absolute Gasteiger partial charge is 0.0644 e. The van der Waals surface area contributed by atoms with Gasteiger partial charge in [0.05, 0.1) is 5.60 Å². The molecule has 0 N–H and O–H groups in total. The van der Waals surface area contributed by atoms with Gasteiger partial charge in [-0.3, -0.25) is 0 Å². The largest absolute Gasteiger partial charge is 0.381 e. The summed E-state index contributed by atoms with van der Waals surface area (Å²) in [5.74, 6) is 1.00. The van der Waals surface area contributed by atoms with Crippen molar-refractivity contribution in [3.8, 4) is 0 Å². The van der Waals surface area contributed by atoms with Crippen molar-refractivity contribution in [2.24, 2.45) is 0 Å². The molecule has 0 fully saturated rings. The van der Waals surface area contributed by atoms with Gasteiger partial charge < -0.3 is 9.47 Å². The van der Waals surface area contributed by atoms with E-state index in [1.165, 1.54) is 25.7 Å². The first-order chi connectivity index (χ1) is 7.12. The molecule has 3 heteroatoms. The van der Waals surface area contributed by atoms with E-state index in [9.17, 15) is 0 Å². The number of thiol groups is 1. The average molecular weight is 234 g/mol. The Hall–Kier alpha value is 0.270. The van der Waals surface area contributed by atoms with Crippen LogP contribution in [0.25, 0.3) is 0 Å². The number of rotatable bonds is 10. The molecule has 0 radical (unpaired) electrons. The quantitative estimate of drug-likeness (QED) is 0.462. The summed E-state index contributed by atoms with van der Waals surface area (Å²) >= 11 is 4.18. The van der Waals surface area contributed by atoms with Crippen LogP contribution in [-0.4, -0.2) is 31.7 Å². The van der Waals surface area contributed by atoms with Crippen molar-refractivity contribution >= 4 is 12.6 Å². The zero-order chi connectivity index (χ0) is 11.6. The van der Waals surface area contributed by atoms with Crippen LogP contribution >= 0.6 is 12.6 Å². The molecular formula is C12H26O2S. The number of hydrogen-bond donors (Lipinski definition) is 1. The fraction of sp³-hybridized carbons (Fsp3) is 1.00. The van der Waals surface area contributed by atoms with Crippen molar-refractivity contribution in [3.05, 3.63) is 0 Å². The lowest BCUT2D eigenvalue weighted by Gasteiger charge is -2.22. The van der Waals surface area contributed by atoms with E-state index < -0.39 is 0 Å². The van der Waals surface area contributed by atoms with Gasteiger partial charge in [-0.2, -0.15) is 12.6 Å². The van der Waals surface area contributed by atoms with Crippen molar-refractivity contribution < 1.29 is 9.47 Å². The molecule has 0 bridgehead atoms. The summed E-state index contributed by atoms with van der Waals surface area (Å²) in [5.41, 5.74) is -0.0496. The third-order valence-corrected chi connectivity index (χ3v) is 2.91. The summed E-state index contributed by atoms with van der Waals surface area (Å²) in [7, 11) is 1.75. The molecule has 0 aliphatic carbocycles. The first-order valence-corrected chi connectivity index (χ1v) is 6.49. The highest BCUT2D eigenvalue weighted by molar-refractivity contribution is 7.80. The lowest BCUT2D eigenvalue weighted by atomic mass is 10.1. The third-order valence-electron chi connectivity index (χ3n) is 2.60. The molecule has 0 unspecified atom stereocenters. The molecule has 0 atom stereocenters. The van der Waals surface area contributed by atoms with E-state index in [0.717, 1.165) is 25.4 Å². The Kier molecular flexibility index (Phi) is 9.66. The number of ether oxygens (including phenoxy) is 2. The highest BCUT2D eigenvalue weighted by atomic mass is 32.1. The Morgan fingerprint density at radius 1 is 1.00 bits per heavy atom. The molecular weight excluding hydrogens is 208 g/mol. The van der Waals surface area contributed by atoms with E-state index in [4.69, 9.17) is 9.47 Å². The molecule has 92 valence electrons. The molecule has 0 aromatic carbocycles. The van der Waals surface area contributed by atoms with Crippen molar-refractivity contribution in [3.63, 3.8) is 0 Å². The highest BCUT2D eigenvalue weighted by Crippen LogP contribution is 2.12. The van der Waals surface area contributed by atoms with E-state index in [0.29, 0.717) is 0 Å². The van der Waals surface area contributed by atoms with Gasteiger partial charge in [-0.25, -0.2) is 0 Å². The standard InChI is InChI=1S/C12H26O2S/c1-12(2,13-3)8-10-14-9-6-4-5-7-11-15/h15H,4-11H2,1-3H3. The minimum atomic E-state index is -0.0496. The van der Waals surface area contributed by atoms with Crippen LogP contribution in [0.3, 0.4) is 0 Å². The molecule has 0 saturated heterocycles. The maximum Gasteiger partial charge on any atom is 0.0644 e. The molecule has 0 spiro atoms. The SMILES string of the molecule is COC(C)(C)CCOCCCCCCS. The molecule has 0 saturated carbocycles. The van der Waals surface area contributed by atoms with Gasteiger partial charge in [-0.1, -0.05) is 12.8 Å². The van der Waals surface area contributed by atoms with Crippen LogP contribution in [0.1, 0.15) is 46.0 Å². The van der Waals surface area contributed by atoms with Gasteiger partial charge in [-0.05, 0) is 38.9 Å². The molecule has 0 heterocycles. The van der Waals surface area contributed by atoms with E-state index >= 15 is 0 Å². The zero-order valence-electron chi connectivity index (χ0n) is 10.4. The first kappa shape index (κ1) is 15.3. The molecule has 0 aliphatic heterocycles. The second-order valence-electron chi connectivity index (χ2n) is 4.46. The minimum absolute atomic E-state index is 0.0496. The summed E-state index contributed by atoms with van der Waals surface area (Å²) in [6.45, 7) is 5.85. The summed E-state index contributed by atoms with van der Waals surface area (Å²) in [6, 6.07) is 0. The van der Waals surface area contributed by atoms with Crippen molar-refractivity contribution in [1.82, 2.24) is 0 Å². The normalized spacial score (nSPS) is 12.0. The van der Waals surface area contributed by atoms with Crippen LogP contribution < -0.4 is 0 Å². The third kappa shape index (κ3) is 10.6. The van der Waals surface area contributed by atoms with Crippen LogP contribution in [-0.2, 0) is 9.47 Å². The van der Waals surface area contributed by atoms with Gasteiger partial charge >= 0.3 is 0 Å². The van der Waals surface area contributed by atoms with Gasteiger partial charge in [0.25, 0.3) is 0 Å². The van der Waals surface area contributed by atoms with E-state index in [1.54, 1.807) is 7.11 Å². The fourth-order valence-corrected chi connectivity index (χ4v) is 1.42. The monoisotopic (exact) mass is 234 g/mol. The average Bonchev–Trinajstić information content (AvgIpc) is 2.22. The van der Waals surface area contributed by atoms with Crippen LogP contribution in [0, 0.1) is 0 Å². The molecule has 0 aromatic rings. The van der Waals surface area contributed by atoms with E-state index in [1.807, 2.05) is 0 Å². The van der Waals surface area contributed by atoms with Crippen LogP contribution in [0.4, 0.5) is 0 Å². The first-order valence-electron chi connectivity index (χ1n) is 5.86. The van der Waals surface area contributed by atoms with Crippen molar-refractivity contribution in [2.75, 3.05) is 26.1 Å². The Labute approximate surface area is 100 Å². The highest BCUT2D eigenvalue weighted by Gasteiger charge is 2.15. The molecule has 0 aromatic heterocycles. The van der Waals surface area contributed by atoms with E-state index in [2.05, 4.69) is 26.5 Å². The molecule has 0 aliphatic rings. The Bertz CT molecular complexity index is 138. The van der Waals surface area contributed by atoms with Crippen LogP contribution in [0.5, 0.6) is 0 Å². The summed E-state index contributed by atoms with van der Waals surface area (Å²) in [6.07, 6.45) is 5.88. The lowest BCUT2D eigenvalue weighted by Crippen LogP contribution is -2.24. The Balaban J connectivity index is 3.11. The predicted octanol–water partition coefficient (Wildman–Crippen LogP) is 3.31. The number of hydrogen-bond acceptors (Lipinski definition) is 3. The number of methoxy groups -OCH3 is 1. The molecule has 0 amide bonds. The second kappa shape index (κ2) is 9.49. The van der Waals surface area contributed by atoms with Gasteiger partial charge in [0, 0.05) is 20.3 Å². The van der Waals surface area contributed by atoms with Crippen LogP contribution in [0.2, 0.25) is 0 Å².